The highest BCUT2D eigenvalue weighted by molar-refractivity contribution is 5.49. The number of hydrogen-bond acceptors (Lipinski definition) is 4. The lowest BCUT2D eigenvalue weighted by Crippen LogP contribution is -2.12. The van der Waals surface area contributed by atoms with Crippen LogP contribution in [0.1, 0.15) is 25.0 Å². The van der Waals surface area contributed by atoms with Crippen molar-refractivity contribution in [2.75, 3.05) is 14.2 Å². The SMILES string of the molecule is COc1cc(OC)c(C(C)(C)F)cc1CN=C=O. The van der Waals surface area contributed by atoms with Crippen LogP contribution in [0, 0.1) is 0 Å². The second-order valence-corrected chi connectivity index (χ2v) is 4.24. The van der Waals surface area contributed by atoms with Gasteiger partial charge < -0.3 is 9.47 Å². The molecule has 0 atom stereocenters. The molecule has 5 heteroatoms. The molecule has 0 unspecified atom stereocenters. The van der Waals surface area contributed by atoms with E-state index >= 15 is 0 Å². The van der Waals surface area contributed by atoms with Crippen LogP contribution in [0.25, 0.3) is 0 Å². The number of ether oxygens (including phenoxy) is 2. The summed E-state index contributed by atoms with van der Waals surface area (Å²) in [6.45, 7) is 2.97. The summed E-state index contributed by atoms with van der Waals surface area (Å²) in [5.41, 5.74) is -0.554. The van der Waals surface area contributed by atoms with E-state index in [4.69, 9.17) is 9.47 Å². The summed E-state index contributed by atoms with van der Waals surface area (Å²) >= 11 is 0. The van der Waals surface area contributed by atoms with Gasteiger partial charge in [-0.1, -0.05) is 0 Å². The van der Waals surface area contributed by atoms with Crippen LogP contribution in [0.3, 0.4) is 0 Å². The molecule has 98 valence electrons. The largest absolute Gasteiger partial charge is 0.496 e. The van der Waals surface area contributed by atoms with Crippen LogP contribution in [-0.4, -0.2) is 20.3 Å². The molecule has 0 aliphatic heterocycles. The number of alkyl halides is 1. The number of nitrogens with zero attached hydrogens (tertiary/aromatic N) is 1. The number of methoxy groups -OCH3 is 2. The fourth-order valence-electron chi connectivity index (χ4n) is 1.67. The predicted molar refractivity (Wildman–Crippen MR) is 65.5 cm³/mol. The Morgan fingerprint density at radius 2 is 1.89 bits per heavy atom. The molecule has 18 heavy (non-hydrogen) atoms. The Bertz CT molecular complexity index is 474. The van der Waals surface area contributed by atoms with Crippen molar-refractivity contribution in [1.82, 2.24) is 0 Å². The predicted octanol–water partition coefficient (Wildman–Crippen LogP) is 2.74. The van der Waals surface area contributed by atoms with Gasteiger partial charge in [0.2, 0.25) is 6.08 Å². The van der Waals surface area contributed by atoms with Crippen LogP contribution in [0.15, 0.2) is 17.1 Å². The van der Waals surface area contributed by atoms with E-state index in [-0.39, 0.29) is 6.54 Å². The maximum atomic E-state index is 14.1. The highest BCUT2D eigenvalue weighted by atomic mass is 19.1. The first-order valence-electron chi connectivity index (χ1n) is 5.42. The Balaban J connectivity index is 3.38. The molecule has 0 aliphatic rings. The molecule has 0 aliphatic carbocycles. The lowest BCUT2D eigenvalue weighted by molar-refractivity contribution is 0.213. The molecule has 1 rings (SSSR count). The molecular formula is C13H16FNO3. The molecule has 0 aromatic heterocycles. The van der Waals surface area contributed by atoms with E-state index in [0.717, 1.165) is 0 Å². The topological polar surface area (TPSA) is 47.9 Å². The Morgan fingerprint density at radius 1 is 1.28 bits per heavy atom. The number of carbonyl (C=O) groups excluding carboxylic acids is 1. The Morgan fingerprint density at radius 3 is 2.33 bits per heavy atom. The fraction of sp³-hybridized carbons (Fsp3) is 0.462. The number of isocyanates is 1. The van der Waals surface area contributed by atoms with Crippen LogP contribution in [-0.2, 0) is 17.0 Å². The van der Waals surface area contributed by atoms with Crippen LogP contribution >= 0.6 is 0 Å². The van der Waals surface area contributed by atoms with Crippen molar-refractivity contribution >= 4 is 6.08 Å². The smallest absolute Gasteiger partial charge is 0.235 e. The average molecular weight is 253 g/mol. The van der Waals surface area contributed by atoms with Crippen molar-refractivity contribution < 1.29 is 18.7 Å². The van der Waals surface area contributed by atoms with Crippen molar-refractivity contribution in [3.05, 3.63) is 23.3 Å². The summed E-state index contributed by atoms with van der Waals surface area (Å²) in [5.74, 6) is 0.900. The van der Waals surface area contributed by atoms with Crippen LogP contribution in [0.4, 0.5) is 4.39 Å². The van der Waals surface area contributed by atoms with E-state index in [1.165, 1.54) is 34.1 Å². The lowest BCUT2D eigenvalue weighted by Gasteiger charge is -2.20. The maximum absolute atomic E-state index is 14.1. The minimum Gasteiger partial charge on any atom is -0.496 e. The zero-order valence-corrected chi connectivity index (χ0v) is 10.9. The Hall–Kier alpha value is -1.87. The van der Waals surface area contributed by atoms with Crippen LogP contribution in [0.5, 0.6) is 11.5 Å². The molecule has 0 amide bonds. The van der Waals surface area contributed by atoms with Crippen molar-refractivity contribution in [3.8, 4) is 11.5 Å². The zero-order valence-electron chi connectivity index (χ0n) is 10.9. The van der Waals surface area contributed by atoms with E-state index in [9.17, 15) is 9.18 Å². The van der Waals surface area contributed by atoms with Gasteiger partial charge in [0.05, 0.1) is 20.8 Å². The van der Waals surface area contributed by atoms with Gasteiger partial charge >= 0.3 is 0 Å². The Kier molecular flexibility index (Phi) is 4.45. The van der Waals surface area contributed by atoms with Crippen molar-refractivity contribution in [3.63, 3.8) is 0 Å². The van der Waals surface area contributed by atoms with E-state index < -0.39 is 5.67 Å². The summed E-state index contributed by atoms with van der Waals surface area (Å²) in [4.78, 5) is 13.6. The number of halogens is 1. The van der Waals surface area contributed by atoms with Gasteiger partial charge in [0.1, 0.15) is 17.2 Å². The van der Waals surface area contributed by atoms with Crippen LogP contribution < -0.4 is 9.47 Å². The Labute approximate surface area is 105 Å². The minimum atomic E-state index is -1.56. The summed E-state index contributed by atoms with van der Waals surface area (Å²) < 4.78 is 24.4. The molecule has 0 spiro atoms. The van der Waals surface area contributed by atoms with Gasteiger partial charge in [-0.05, 0) is 19.9 Å². The van der Waals surface area contributed by atoms with Crippen molar-refractivity contribution in [2.24, 2.45) is 4.99 Å². The second kappa shape index (κ2) is 5.65. The van der Waals surface area contributed by atoms with Crippen molar-refractivity contribution in [1.29, 1.82) is 0 Å². The van der Waals surface area contributed by atoms with Gasteiger partial charge in [-0.2, -0.15) is 0 Å². The molecule has 0 radical (unpaired) electrons. The molecular weight excluding hydrogens is 237 g/mol. The molecule has 0 fully saturated rings. The molecule has 0 bridgehead atoms. The van der Waals surface area contributed by atoms with E-state index in [0.29, 0.717) is 22.6 Å². The van der Waals surface area contributed by atoms with E-state index in [1.54, 1.807) is 12.1 Å². The maximum Gasteiger partial charge on any atom is 0.235 e. The molecule has 0 saturated carbocycles. The number of hydrogen-bond donors (Lipinski definition) is 0. The number of benzene rings is 1. The van der Waals surface area contributed by atoms with Gasteiger partial charge in [0.25, 0.3) is 0 Å². The van der Waals surface area contributed by atoms with E-state index in [1.807, 2.05) is 0 Å². The van der Waals surface area contributed by atoms with Crippen LogP contribution in [0.2, 0.25) is 0 Å². The summed E-state index contributed by atoms with van der Waals surface area (Å²) in [6, 6.07) is 3.19. The highest BCUT2D eigenvalue weighted by Gasteiger charge is 2.25. The summed E-state index contributed by atoms with van der Waals surface area (Å²) in [5, 5.41) is 0. The molecule has 0 heterocycles. The summed E-state index contributed by atoms with van der Waals surface area (Å²) in [7, 11) is 2.95. The third-order valence-electron chi connectivity index (χ3n) is 2.56. The molecule has 4 nitrogen and oxygen atoms in total. The molecule has 0 saturated heterocycles. The van der Waals surface area contributed by atoms with Crippen molar-refractivity contribution in [2.45, 2.75) is 26.1 Å². The van der Waals surface area contributed by atoms with Gasteiger partial charge in [-0.15, -0.1) is 0 Å². The van der Waals surface area contributed by atoms with Gasteiger partial charge in [0, 0.05) is 17.2 Å². The first-order chi connectivity index (χ1) is 8.43. The quantitative estimate of drug-likeness (QED) is 0.598. The number of rotatable bonds is 5. The third-order valence-corrected chi connectivity index (χ3v) is 2.56. The first-order valence-corrected chi connectivity index (χ1v) is 5.42. The highest BCUT2D eigenvalue weighted by Crippen LogP contribution is 2.37. The normalized spacial score (nSPS) is 10.7. The van der Waals surface area contributed by atoms with E-state index in [2.05, 4.69) is 4.99 Å². The molecule has 0 N–H and O–H groups in total. The average Bonchev–Trinajstić information content (AvgIpc) is 2.34. The summed E-state index contributed by atoms with van der Waals surface area (Å²) in [6.07, 6.45) is 1.45. The molecule has 1 aromatic rings. The second-order valence-electron chi connectivity index (χ2n) is 4.24. The lowest BCUT2D eigenvalue weighted by atomic mass is 9.96. The monoisotopic (exact) mass is 253 g/mol. The third kappa shape index (κ3) is 3.08. The fourth-order valence-corrected chi connectivity index (χ4v) is 1.67. The van der Waals surface area contributed by atoms with Gasteiger partial charge in [-0.3, -0.25) is 0 Å². The standard InChI is InChI=1S/C13H16FNO3/c1-13(2,14)10-5-9(7-15-8-16)11(17-3)6-12(10)18-4/h5-6H,7H2,1-4H3. The van der Waals surface area contributed by atoms with Gasteiger partial charge in [-0.25, -0.2) is 14.2 Å². The van der Waals surface area contributed by atoms with Gasteiger partial charge in [0.15, 0.2) is 0 Å². The number of aliphatic imine (C=N–C) groups is 1. The minimum absolute atomic E-state index is 0.0970. The zero-order chi connectivity index (χ0) is 13.8. The first kappa shape index (κ1) is 14.2. The molecule has 1 aromatic carbocycles.